The Bertz CT molecular complexity index is 311. The van der Waals surface area contributed by atoms with Crippen molar-refractivity contribution in [3.8, 4) is 0 Å². The van der Waals surface area contributed by atoms with Crippen LogP contribution in [0.4, 0.5) is 0 Å². The molecule has 90 valence electrons. The lowest BCUT2D eigenvalue weighted by Gasteiger charge is -2.15. The largest absolute Gasteiger partial charge is 0.308 e. The molecule has 0 saturated heterocycles. The summed E-state index contributed by atoms with van der Waals surface area (Å²) >= 11 is 0. The molecule has 0 unspecified atom stereocenters. The highest BCUT2D eigenvalue weighted by molar-refractivity contribution is 5.01. The van der Waals surface area contributed by atoms with Crippen molar-refractivity contribution >= 4 is 0 Å². The molecular weight excluding hydrogens is 198 g/mol. The molecule has 0 bridgehead atoms. The average Bonchev–Trinajstić information content (AvgIpc) is 3.03. The van der Waals surface area contributed by atoms with E-state index in [1.165, 1.54) is 31.4 Å². The number of aromatic nitrogens is 2. The van der Waals surface area contributed by atoms with E-state index >= 15 is 0 Å². The molecule has 1 aliphatic rings. The van der Waals surface area contributed by atoms with Crippen LogP contribution >= 0.6 is 0 Å². The first-order chi connectivity index (χ1) is 7.83. The van der Waals surface area contributed by atoms with Crippen LogP contribution in [0.3, 0.4) is 0 Å². The molecule has 1 saturated carbocycles. The Hall–Kier alpha value is -0.830. The van der Waals surface area contributed by atoms with Crippen LogP contribution in [-0.4, -0.2) is 15.8 Å². The zero-order chi connectivity index (χ0) is 11.4. The Kier molecular flexibility index (Phi) is 3.99. The van der Waals surface area contributed by atoms with Crippen LogP contribution in [0, 0.1) is 5.92 Å². The second kappa shape index (κ2) is 5.48. The van der Waals surface area contributed by atoms with E-state index in [1.54, 1.807) is 0 Å². The lowest BCUT2D eigenvalue weighted by Crippen LogP contribution is -2.20. The summed E-state index contributed by atoms with van der Waals surface area (Å²) in [5, 5.41) is 7.97. The maximum Gasteiger partial charge on any atom is 0.0522 e. The van der Waals surface area contributed by atoms with Crippen molar-refractivity contribution in [3.63, 3.8) is 0 Å². The molecule has 1 aliphatic carbocycles. The lowest BCUT2D eigenvalue weighted by molar-refractivity contribution is 0.385. The molecule has 1 aromatic heterocycles. The molecule has 3 heteroatoms. The summed E-state index contributed by atoms with van der Waals surface area (Å²) in [7, 11) is 0. The van der Waals surface area contributed by atoms with E-state index in [0.717, 1.165) is 25.0 Å². The van der Waals surface area contributed by atoms with Gasteiger partial charge in [-0.15, -0.1) is 0 Å². The fourth-order valence-corrected chi connectivity index (χ4v) is 2.00. The summed E-state index contributed by atoms with van der Waals surface area (Å²) in [5.41, 5.74) is 1.33. The Labute approximate surface area is 98.2 Å². The van der Waals surface area contributed by atoms with E-state index in [4.69, 9.17) is 0 Å². The standard InChI is InChI=1S/C13H23N3/c1-3-11(4-2)10-16-13(7-8-15-16)9-14-12-5-6-12/h7-8,11-12,14H,3-6,9-10H2,1-2H3. The fraction of sp³-hybridized carbons (Fsp3) is 0.769. The SMILES string of the molecule is CCC(CC)Cn1nccc1CNC1CC1. The molecule has 0 atom stereocenters. The number of nitrogens with zero attached hydrogens (tertiary/aromatic N) is 2. The smallest absolute Gasteiger partial charge is 0.0522 e. The Morgan fingerprint density at radius 1 is 1.44 bits per heavy atom. The minimum absolute atomic E-state index is 0.763. The Morgan fingerprint density at radius 3 is 2.81 bits per heavy atom. The molecule has 1 N–H and O–H groups in total. The number of hydrogen-bond donors (Lipinski definition) is 1. The van der Waals surface area contributed by atoms with Gasteiger partial charge in [-0.05, 0) is 24.8 Å². The Morgan fingerprint density at radius 2 is 2.19 bits per heavy atom. The first kappa shape index (κ1) is 11.6. The zero-order valence-corrected chi connectivity index (χ0v) is 10.4. The lowest BCUT2D eigenvalue weighted by atomic mass is 10.0. The van der Waals surface area contributed by atoms with Gasteiger partial charge in [-0.25, -0.2) is 0 Å². The highest BCUT2D eigenvalue weighted by Crippen LogP contribution is 2.19. The monoisotopic (exact) mass is 221 g/mol. The van der Waals surface area contributed by atoms with Crippen molar-refractivity contribution < 1.29 is 0 Å². The molecule has 0 aliphatic heterocycles. The average molecular weight is 221 g/mol. The third kappa shape index (κ3) is 3.08. The van der Waals surface area contributed by atoms with Gasteiger partial charge in [-0.3, -0.25) is 4.68 Å². The van der Waals surface area contributed by atoms with E-state index in [0.29, 0.717) is 0 Å². The molecule has 1 heterocycles. The number of hydrogen-bond acceptors (Lipinski definition) is 2. The van der Waals surface area contributed by atoms with Crippen molar-refractivity contribution in [2.75, 3.05) is 0 Å². The van der Waals surface area contributed by atoms with Crippen molar-refractivity contribution in [2.45, 2.75) is 58.7 Å². The van der Waals surface area contributed by atoms with Crippen LogP contribution in [0.1, 0.15) is 45.2 Å². The quantitative estimate of drug-likeness (QED) is 0.767. The van der Waals surface area contributed by atoms with Crippen molar-refractivity contribution in [1.82, 2.24) is 15.1 Å². The molecule has 16 heavy (non-hydrogen) atoms. The summed E-state index contributed by atoms with van der Waals surface area (Å²) in [5.74, 6) is 0.763. The maximum atomic E-state index is 4.43. The molecule has 0 amide bonds. The third-order valence-electron chi connectivity index (χ3n) is 3.54. The van der Waals surface area contributed by atoms with Crippen LogP contribution in [0.5, 0.6) is 0 Å². The van der Waals surface area contributed by atoms with Gasteiger partial charge in [0.15, 0.2) is 0 Å². The van der Waals surface area contributed by atoms with E-state index in [1.807, 2.05) is 6.20 Å². The van der Waals surface area contributed by atoms with E-state index < -0.39 is 0 Å². The van der Waals surface area contributed by atoms with E-state index in [9.17, 15) is 0 Å². The second-order valence-electron chi connectivity index (χ2n) is 4.84. The highest BCUT2D eigenvalue weighted by Gasteiger charge is 2.20. The van der Waals surface area contributed by atoms with Crippen LogP contribution in [0.25, 0.3) is 0 Å². The summed E-state index contributed by atoms with van der Waals surface area (Å²) < 4.78 is 2.17. The minimum Gasteiger partial charge on any atom is -0.308 e. The number of rotatable bonds is 7. The van der Waals surface area contributed by atoms with Gasteiger partial charge in [0.25, 0.3) is 0 Å². The van der Waals surface area contributed by atoms with Crippen LogP contribution in [0.2, 0.25) is 0 Å². The summed E-state index contributed by atoms with van der Waals surface area (Å²) in [4.78, 5) is 0. The van der Waals surface area contributed by atoms with Gasteiger partial charge in [0.05, 0.1) is 5.69 Å². The van der Waals surface area contributed by atoms with Gasteiger partial charge in [0.1, 0.15) is 0 Å². The van der Waals surface area contributed by atoms with Crippen molar-refractivity contribution in [2.24, 2.45) is 5.92 Å². The normalized spacial score (nSPS) is 15.9. The zero-order valence-electron chi connectivity index (χ0n) is 10.4. The summed E-state index contributed by atoms with van der Waals surface area (Å²) in [6, 6.07) is 2.91. The Balaban J connectivity index is 1.89. The molecule has 1 aromatic rings. The molecule has 2 rings (SSSR count). The van der Waals surface area contributed by atoms with Gasteiger partial charge in [-0.2, -0.15) is 5.10 Å². The predicted octanol–water partition coefficient (Wildman–Crippen LogP) is 2.57. The van der Waals surface area contributed by atoms with Gasteiger partial charge in [0.2, 0.25) is 0 Å². The molecule has 0 spiro atoms. The van der Waals surface area contributed by atoms with Crippen molar-refractivity contribution in [3.05, 3.63) is 18.0 Å². The van der Waals surface area contributed by atoms with Crippen molar-refractivity contribution in [1.29, 1.82) is 0 Å². The van der Waals surface area contributed by atoms with E-state index in [-0.39, 0.29) is 0 Å². The maximum absolute atomic E-state index is 4.43. The van der Waals surface area contributed by atoms with Gasteiger partial charge >= 0.3 is 0 Å². The summed E-state index contributed by atoms with van der Waals surface area (Å²) in [6.45, 7) is 6.58. The first-order valence-electron chi connectivity index (χ1n) is 6.57. The van der Waals surface area contributed by atoms with Crippen LogP contribution < -0.4 is 5.32 Å². The first-order valence-corrected chi connectivity index (χ1v) is 6.57. The third-order valence-corrected chi connectivity index (χ3v) is 3.54. The van der Waals surface area contributed by atoms with Gasteiger partial charge in [-0.1, -0.05) is 26.7 Å². The topological polar surface area (TPSA) is 29.9 Å². The fourth-order valence-electron chi connectivity index (χ4n) is 2.00. The molecular formula is C13H23N3. The van der Waals surface area contributed by atoms with Gasteiger partial charge < -0.3 is 5.32 Å². The van der Waals surface area contributed by atoms with Crippen LogP contribution in [-0.2, 0) is 13.1 Å². The second-order valence-corrected chi connectivity index (χ2v) is 4.84. The molecule has 0 aromatic carbocycles. The molecule has 0 radical (unpaired) electrons. The number of nitrogens with one attached hydrogen (secondary N) is 1. The predicted molar refractivity (Wildman–Crippen MR) is 66.2 cm³/mol. The molecule has 1 fully saturated rings. The highest BCUT2D eigenvalue weighted by atomic mass is 15.3. The summed E-state index contributed by atoms with van der Waals surface area (Å²) in [6.07, 6.45) is 7.10. The van der Waals surface area contributed by atoms with Gasteiger partial charge in [0, 0.05) is 25.3 Å². The minimum atomic E-state index is 0.763. The van der Waals surface area contributed by atoms with E-state index in [2.05, 4.69) is 35.0 Å². The van der Waals surface area contributed by atoms with Crippen LogP contribution in [0.15, 0.2) is 12.3 Å². The molecule has 3 nitrogen and oxygen atoms in total.